The topological polar surface area (TPSA) is 86.6 Å². The van der Waals surface area contributed by atoms with Gasteiger partial charge in [-0.05, 0) is 6.92 Å². The summed E-state index contributed by atoms with van der Waals surface area (Å²) in [5.74, 6) is -0.490. The summed E-state index contributed by atoms with van der Waals surface area (Å²) in [4.78, 5) is 8.89. The number of hydrogen-bond acceptors (Lipinski definition) is 4. The molecule has 0 amide bonds. The molecule has 6 aromatic rings. The van der Waals surface area contributed by atoms with Crippen LogP contribution in [-0.4, -0.2) is 35.9 Å². The molecule has 309 valence electrons. The van der Waals surface area contributed by atoms with E-state index in [2.05, 4.69) is 200 Å². The molecule has 6 nitrogen and oxygen atoms in total. The minimum atomic E-state index is -1.08. The zero-order chi connectivity index (χ0) is 43.4. The Balaban J connectivity index is 0.00000140. The fourth-order valence-electron chi connectivity index (χ4n) is 7.46. The summed E-state index contributed by atoms with van der Waals surface area (Å²) in [7, 11) is 0. The number of benzene rings is 6. The van der Waals surface area contributed by atoms with Gasteiger partial charge in [-0.1, -0.05) is 0 Å². The average Bonchev–Trinajstić information content (AvgIpc) is 3.25. The molecule has 1 aliphatic heterocycles. The maximum atomic E-state index is 12.1. The predicted octanol–water partition coefficient (Wildman–Crippen LogP) is 11.5. The number of phenols is 2. The van der Waals surface area contributed by atoms with Gasteiger partial charge in [-0.2, -0.15) is 0 Å². The van der Waals surface area contributed by atoms with Crippen LogP contribution in [0.25, 0.3) is 32.7 Å². The number of aliphatic carboxylic acids is 1. The normalized spacial score (nSPS) is 14.9. The fourth-order valence-corrected chi connectivity index (χ4v) is 8.73. The Bertz CT molecular complexity index is 2500. The van der Waals surface area contributed by atoms with Gasteiger partial charge in [-0.25, -0.2) is 0 Å². The van der Waals surface area contributed by atoms with Gasteiger partial charge in [-0.3, -0.25) is 0 Å². The summed E-state index contributed by atoms with van der Waals surface area (Å²) in [6.07, 6.45) is 4.24. The zero-order valence-corrected chi connectivity index (χ0v) is 37.9. The molecule has 1 aliphatic rings. The Morgan fingerprint density at radius 2 is 0.881 bits per heavy atom. The number of rotatable bonds is 2. The monoisotopic (exact) mass is 834 g/mol. The molecule has 0 fully saturated rings. The summed E-state index contributed by atoms with van der Waals surface area (Å²) in [6, 6.07) is 34.7. The van der Waals surface area contributed by atoms with Crippen LogP contribution in [0.15, 0.2) is 97.1 Å². The van der Waals surface area contributed by atoms with Crippen LogP contribution >= 0.6 is 0 Å². The number of phenolic OH excluding ortho intramolecular Hbond substituents is 2. The van der Waals surface area contributed by atoms with E-state index in [0.717, 1.165) is 88.4 Å². The van der Waals surface area contributed by atoms with Crippen LogP contribution in [0.2, 0.25) is 0 Å². The Labute approximate surface area is 357 Å². The molecule has 0 radical (unpaired) electrons. The zero-order valence-electron chi connectivity index (χ0n) is 36.8. The first-order chi connectivity index (χ1) is 27.4. The number of carbonyl (C=O) groups excluding carboxylic acids is 1. The van der Waals surface area contributed by atoms with Gasteiger partial charge in [0.2, 0.25) is 0 Å². The van der Waals surface area contributed by atoms with E-state index in [0.29, 0.717) is 11.5 Å². The average molecular weight is 835 g/mol. The van der Waals surface area contributed by atoms with Crippen molar-refractivity contribution in [1.29, 1.82) is 0 Å². The quantitative estimate of drug-likeness (QED) is 0.182. The Kier molecular flexibility index (Phi) is 11.6. The van der Waals surface area contributed by atoms with E-state index >= 15 is 0 Å². The van der Waals surface area contributed by atoms with Crippen molar-refractivity contribution in [3.8, 4) is 22.6 Å². The Hall–Kier alpha value is -5.24. The molecule has 0 aromatic heterocycles. The van der Waals surface area contributed by atoms with Crippen molar-refractivity contribution in [3.05, 3.63) is 130 Å². The van der Waals surface area contributed by atoms with Crippen molar-refractivity contribution in [1.82, 2.24) is 0 Å². The van der Waals surface area contributed by atoms with Crippen molar-refractivity contribution < 1.29 is 42.5 Å². The fraction of sp³-hybridized carbons (Fsp3) is 0.327. The molecule has 59 heavy (non-hydrogen) atoms. The van der Waals surface area contributed by atoms with Crippen molar-refractivity contribution >= 4 is 51.3 Å². The third-order valence-electron chi connectivity index (χ3n) is 10.8. The second-order valence-corrected chi connectivity index (χ2v) is 20.9. The molecule has 0 saturated carbocycles. The van der Waals surface area contributed by atoms with Gasteiger partial charge in [0.15, 0.2) is 0 Å². The molecule has 6 aromatic carbocycles. The summed E-state index contributed by atoms with van der Waals surface area (Å²) in [5, 5.41) is 37.7. The maximum absolute atomic E-state index is 12.1. The first kappa shape index (κ1) is 43.3. The predicted molar refractivity (Wildman–Crippen MR) is 239 cm³/mol. The molecule has 0 saturated heterocycles. The molecule has 0 unspecified atom stereocenters. The molecule has 2 N–H and O–H groups in total. The number of carboxylic acids is 1. The number of fused-ring (bicyclic) bond motifs is 7. The van der Waals surface area contributed by atoms with E-state index in [-0.39, 0.29) is 21.7 Å². The number of hydrogen-bond donors (Lipinski definition) is 2. The van der Waals surface area contributed by atoms with Crippen LogP contribution in [0.4, 0.5) is 11.4 Å². The Morgan fingerprint density at radius 1 is 0.542 bits per heavy atom. The molecule has 1 heterocycles. The van der Waals surface area contributed by atoms with E-state index in [1.807, 2.05) is 0 Å². The number of carboxylic acid groups (broad SMARTS) is 1. The third-order valence-corrected chi connectivity index (χ3v) is 12.0. The van der Waals surface area contributed by atoms with Crippen LogP contribution in [0.1, 0.15) is 123 Å². The van der Waals surface area contributed by atoms with Crippen LogP contribution in [0.3, 0.4) is 0 Å². The van der Waals surface area contributed by atoms with Crippen LogP contribution in [0.5, 0.6) is 11.5 Å². The second kappa shape index (κ2) is 15.7. The summed E-state index contributed by atoms with van der Waals surface area (Å²) >= 11 is 0.853. The number of carbonyl (C=O) groups is 1. The van der Waals surface area contributed by atoms with Crippen LogP contribution < -0.4 is 5.11 Å². The SMILES string of the molecule is CC(=O)[O-].CC(C)(C)c1cc(C=[N+]2[Co][N+](=Cc3cc(C(C)(C)C)cc(C(C)(C)C)c3O)c3ccc4ccccc4c3-c3c2ccc2ccccc32)c(O)c(C(C)(C)C)c1. The van der Waals surface area contributed by atoms with E-state index in [1.165, 1.54) is 11.1 Å². The van der Waals surface area contributed by atoms with Gasteiger partial charge in [0.1, 0.15) is 0 Å². The molecular formula is C52H59CoN2O4+. The first-order valence-corrected chi connectivity index (χ1v) is 21.2. The van der Waals surface area contributed by atoms with Crippen molar-refractivity contribution in [3.63, 3.8) is 0 Å². The molecule has 7 heteroatoms. The molecule has 7 rings (SSSR count). The van der Waals surface area contributed by atoms with Gasteiger partial charge >= 0.3 is 336 Å². The van der Waals surface area contributed by atoms with Gasteiger partial charge in [-0.15, -0.1) is 0 Å². The number of aromatic hydroxyl groups is 2. The van der Waals surface area contributed by atoms with Crippen molar-refractivity contribution in [2.75, 3.05) is 0 Å². The molecule has 0 aliphatic carbocycles. The Morgan fingerprint density at radius 3 is 1.20 bits per heavy atom. The minimum absolute atomic E-state index is 0.129. The standard InChI is InChI=1S/C50H56N2O2.C2H4O2.Co/c1-47(2,3)35-25-33(45(53)39(27-35)49(7,8)9)29-51-41-23-21-31-17-13-15-19-37(31)43(41)44-38-20-16-14-18-32(38)22-24-42(44)52-30-34-26-36(48(4,5)6)28-40(46(34)54)50(10,11)12;1-2(3)4;/h13-30,53-54H,1-12H3;1H3,(H,3,4);/q;;+2/p-1. The second-order valence-electron chi connectivity index (χ2n) is 19.7. The summed E-state index contributed by atoms with van der Waals surface area (Å²) < 4.78 is 4.51. The summed E-state index contributed by atoms with van der Waals surface area (Å²) in [5.41, 5.74) is 9.26. The van der Waals surface area contributed by atoms with E-state index in [4.69, 9.17) is 9.90 Å². The van der Waals surface area contributed by atoms with Crippen LogP contribution in [-0.2, 0) is 41.6 Å². The van der Waals surface area contributed by atoms with Gasteiger partial charge in [0.25, 0.3) is 0 Å². The molecular weight excluding hydrogens is 776 g/mol. The third kappa shape index (κ3) is 9.02. The van der Waals surface area contributed by atoms with E-state index in [9.17, 15) is 10.2 Å². The molecule has 0 atom stereocenters. The van der Waals surface area contributed by atoms with Gasteiger partial charge in [0.05, 0.1) is 0 Å². The van der Waals surface area contributed by atoms with E-state index < -0.39 is 5.97 Å². The summed E-state index contributed by atoms with van der Waals surface area (Å²) in [6.45, 7) is 27.3. The van der Waals surface area contributed by atoms with Crippen molar-refractivity contribution in [2.24, 2.45) is 0 Å². The molecule has 0 bridgehead atoms. The van der Waals surface area contributed by atoms with Gasteiger partial charge < -0.3 is 9.90 Å². The van der Waals surface area contributed by atoms with Gasteiger partial charge in [0, 0.05) is 5.97 Å². The molecule has 0 spiro atoms. The van der Waals surface area contributed by atoms with Crippen LogP contribution in [0, 0.1) is 0 Å². The first-order valence-electron chi connectivity index (χ1n) is 20.2. The van der Waals surface area contributed by atoms with E-state index in [1.54, 1.807) is 0 Å². The number of nitrogens with zero attached hydrogens (tertiary/aromatic N) is 2. The van der Waals surface area contributed by atoms with Crippen molar-refractivity contribution in [2.45, 2.75) is 112 Å².